The number of allylic oxidation sites excluding steroid dienone is 2. The van der Waals surface area contributed by atoms with Crippen LogP contribution >= 0.6 is 0 Å². The van der Waals surface area contributed by atoms with E-state index >= 15 is 0 Å². The molecule has 0 bridgehead atoms. The Morgan fingerprint density at radius 3 is 2.42 bits per heavy atom. The van der Waals surface area contributed by atoms with Crippen molar-refractivity contribution in [1.29, 1.82) is 0 Å². The molecule has 0 fully saturated rings. The molecule has 4 heteroatoms. The first-order valence-electron chi connectivity index (χ1n) is 4.13. The third-order valence-corrected chi connectivity index (χ3v) is 1.42. The topological polar surface area (TPSA) is 67.6 Å². The molecule has 0 atom stereocenters. The lowest BCUT2D eigenvalue weighted by molar-refractivity contribution is 0.531. The SMILES string of the molecule is CC/C=C(\CC)N=C(N)N(C)N. The van der Waals surface area contributed by atoms with Gasteiger partial charge in [0.15, 0.2) is 0 Å². The molecule has 4 nitrogen and oxygen atoms in total. The molecule has 0 saturated carbocycles. The second-order valence-corrected chi connectivity index (χ2v) is 2.54. The Balaban J connectivity index is 4.36. The van der Waals surface area contributed by atoms with Crippen molar-refractivity contribution >= 4 is 5.96 Å². The maximum absolute atomic E-state index is 5.53. The molecule has 0 aliphatic carbocycles. The van der Waals surface area contributed by atoms with Crippen molar-refractivity contribution in [1.82, 2.24) is 5.01 Å². The second-order valence-electron chi connectivity index (χ2n) is 2.54. The van der Waals surface area contributed by atoms with Gasteiger partial charge in [0.1, 0.15) is 0 Å². The Labute approximate surface area is 73.9 Å². The van der Waals surface area contributed by atoms with Gasteiger partial charge in [-0.05, 0) is 12.8 Å². The van der Waals surface area contributed by atoms with E-state index in [9.17, 15) is 0 Å². The molecule has 0 rings (SSSR count). The molecule has 0 unspecified atom stereocenters. The van der Waals surface area contributed by atoms with Gasteiger partial charge in [0.05, 0.1) is 0 Å². The van der Waals surface area contributed by atoms with Crippen molar-refractivity contribution < 1.29 is 0 Å². The monoisotopic (exact) mass is 170 g/mol. The van der Waals surface area contributed by atoms with Gasteiger partial charge in [-0.2, -0.15) is 0 Å². The van der Waals surface area contributed by atoms with Crippen molar-refractivity contribution in [2.24, 2.45) is 16.6 Å². The zero-order valence-corrected chi connectivity index (χ0v) is 8.04. The summed E-state index contributed by atoms with van der Waals surface area (Å²) in [6, 6.07) is 0. The summed E-state index contributed by atoms with van der Waals surface area (Å²) in [5, 5.41) is 1.30. The fraction of sp³-hybridized carbons (Fsp3) is 0.625. The minimum atomic E-state index is 0.344. The van der Waals surface area contributed by atoms with E-state index < -0.39 is 0 Å². The van der Waals surface area contributed by atoms with E-state index in [0.29, 0.717) is 5.96 Å². The molecule has 0 amide bonds. The number of nitrogens with two attached hydrogens (primary N) is 2. The predicted octanol–water partition coefficient (Wildman–Crippen LogP) is 0.811. The standard InChI is InChI=1S/C8H18N4/c1-4-6-7(5-2)11-8(9)12(3)10/h6H,4-5,10H2,1-3H3,(H2,9,11)/b7-6+. The molecular formula is C8H18N4. The molecule has 0 aliphatic heterocycles. The molecule has 70 valence electrons. The molecule has 4 N–H and O–H groups in total. The van der Waals surface area contributed by atoms with E-state index in [-0.39, 0.29) is 0 Å². The van der Waals surface area contributed by atoms with Crippen LogP contribution < -0.4 is 11.6 Å². The fourth-order valence-corrected chi connectivity index (χ4v) is 0.731. The minimum absolute atomic E-state index is 0.344. The summed E-state index contributed by atoms with van der Waals surface area (Å²) in [7, 11) is 1.66. The van der Waals surface area contributed by atoms with Gasteiger partial charge in [0, 0.05) is 12.7 Å². The summed E-state index contributed by atoms with van der Waals surface area (Å²) in [5.41, 5.74) is 6.51. The molecule has 0 aromatic heterocycles. The second kappa shape index (κ2) is 5.60. The van der Waals surface area contributed by atoms with Crippen molar-refractivity contribution in [2.75, 3.05) is 7.05 Å². The Kier molecular flexibility index (Phi) is 5.12. The van der Waals surface area contributed by atoms with Crippen LogP contribution in [0.5, 0.6) is 0 Å². The fourth-order valence-electron chi connectivity index (χ4n) is 0.731. The van der Waals surface area contributed by atoms with Gasteiger partial charge in [-0.15, -0.1) is 0 Å². The summed E-state index contributed by atoms with van der Waals surface area (Å²) in [5.74, 6) is 5.73. The first-order chi connectivity index (χ1) is 5.61. The smallest absolute Gasteiger partial charge is 0.210 e. The molecule has 0 aliphatic rings. The van der Waals surface area contributed by atoms with E-state index in [1.54, 1.807) is 7.05 Å². The summed E-state index contributed by atoms with van der Waals surface area (Å²) < 4.78 is 0. The highest BCUT2D eigenvalue weighted by Crippen LogP contribution is 2.03. The van der Waals surface area contributed by atoms with E-state index in [0.717, 1.165) is 18.5 Å². The molecule has 0 aromatic rings. The number of nitrogens with zero attached hydrogens (tertiary/aromatic N) is 2. The van der Waals surface area contributed by atoms with Crippen LogP contribution in [0.3, 0.4) is 0 Å². The summed E-state index contributed by atoms with van der Waals surface area (Å²) >= 11 is 0. The van der Waals surface area contributed by atoms with Crippen LogP contribution in [0, 0.1) is 0 Å². The van der Waals surface area contributed by atoms with Crippen LogP contribution in [0.15, 0.2) is 16.8 Å². The van der Waals surface area contributed by atoms with Gasteiger partial charge in [0.25, 0.3) is 0 Å². The zero-order valence-electron chi connectivity index (χ0n) is 8.04. The van der Waals surface area contributed by atoms with Gasteiger partial charge >= 0.3 is 0 Å². The molecule has 0 aromatic carbocycles. The molecule has 12 heavy (non-hydrogen) atoms. The van der Waals surface area contributed by atoms with Crippen molar-refractivity contribution in [2.45, 2.75) is 26.7 Å². The van der Waals surface area contributed by atoms with E-state index in [2.05, 4.69) is 11.9 Å². The first kappa shape index (κ1) is 11.0. The highest BCUT2D eigenvalue weighted by Gasteiger charge is 1.95. The summed E-state index contributed by atoms with van der Waals surface area (Å²) in [4.78, 5) is 4.14. The first-order valence-corrected chi connectivity index (χ1v) is 4.13. The van der Waals surface area contributed by atoms with Crippen molar-refractivity contribution in [3.05, 3.63) is 11.8 Å². The van der Waals surface area contributed by atoms with Crippen LogP contribution in [-0.2, 0) is 0 Å². The Hall–Kier alpha value is -1.03. The van der Waals surface area contributed by atoms with Crippen LogP contribution in [0.1, 0.15) is 26.7 Å². The lowest BCUT2D eigenvalue weighted by atomic mass is 10.3. The average Bonchev–Trinajstić information content (AvgIpc) is 2.03. The Morgan fingerprint density at radius 2 is 2.08 bits per heavy atom. The largest absolute Gasteiger partial charge is 0.368 e. The highest BCUT2D eigenvalue weighted by atomic mass is 15.4. The Morgan fingerprint density at radius 1 is 1.50 bits per heavy atom. The van der Waals surface area contributed by atoms with Crippen LogP contribution in [-0.4, -0.2) is 18.0 Å². The van der Waals surface area contributed by atoms with Gasteiger partial charge < -0.3 is 5.73 Å². The number of guanidine groups is 1. The number of hydrogen-bond acceptors (Lipinski definition) is 2. The van der Waals surface area contributed by atoms with E-state index in [1.807, 2.05) is 13.0 Å². The minimum Gasteiger partial charge on any atom is -0.368 e. The van der Waals surface area contributed by atoms with Crippen LogP contribution in [0.4, 0.5) is 0 Å². The number of aliphatic imine (C=N–C) groups is 1. The normalized spacial score (nSPS) is 13.3. The van der Waals surface area contributed by atoms with Gasteiger partial charge in [-0.1, -0.05) is 19.9 Å². The average molecular weight is 170 g/mol. The van der Waals surface area contributed by atoms with Gasteiger partial charge in [-0.3, -0.25) is 5.01 Å². The number of hydrazine groups is 1. The maximum Gasteiger partial charge on any atom is 0.210 e. The lowest BCUT2D eigenvalue weighted by Crippen LogP contribution is -2.39. The van der Waals surface area contributed by atoms with Crippen LogP contribution in [0.25, 0.3) is 0 Å². The van der Waals surface area contributed by atoms with E-state index in [1.165, 1.54) is 5.01 Å². The van der Waals surface area contributed by atoms with Crippen LogP contribution in [0.2, 0.25) is 0 Å². The zero-order chi connectivity index (χ0) is 9.56. The summed E-state index contributed by atoms with van der Waals surface area (Å²) in [6.07, 6.45) is 3.88. The quantitative estimate of drug-likeness (QED) is 0.285. The van der Waals surface area contributed by atoms with Gasteiger partial charge in [0.2, 0.25) is 5.96 Å². The lowest BCUT2D eigenvalue weighted by Gasteiger charge is -2.10. The van der Waals surface area contributed by atoms with Gasteiger partial charge in [-0.25, -0.2) is 10.8 Å². The summed E-state index contributed by atoms with van der Waals surface area (Å²) in [6.45, 7) is 4.10. The molecule has 0 heterocycles. The third kappa shape index (κ3) is 3.98. The molecular weight excluding hydrogens is 152 g/mol. The highest BCUT2D eigenvalue weighted by molar-refractivity contribution is 5.78. The number of rotatable bonds is 3. The maximum atomic E-state index is 5.53. The molecule has 0 radical (unpaired) electrons. The molecule has 0 spiro atoms. The van der Waals surface area contributed by atoms with E-state index in [4.69, 9.17) is 11.6 Å². The third-order valence-electron chi connectivity index (χ3n) is 1.42. The Bertz CT molecular complexity index is 181. The number of hydrogen-bond donors (Lipinski definition) is 2. The molecule has 0 saturated heterocycles. The van der Waals surface area contributed by atoms with Crippen molar-refractivity contribution in [3.63, 3.8) is 0 Å². The van der Waals surface area contributed by atoms with Crippen molar-refractivity contribution in [3.8, 4) is 0 Å². The predicted molar refractivity (Wildman–Crippen MR) is 52.2 cm³/mol.